The average molecular weight is 605 g/mol. The molecule has 0 bridgehead atoms. The van der Waals surface area contributed by atoms with Gasteiger partial charge in [0, 0.05) is 5.56 Å². The second-order valence-electron chi connectivity index (χ2n) is 8.65. The van der Waals surface area contributed by atoms with Crippen molar-refractivity contribution in [1.29, 1.82) is 10.5 Å². The van der Waals surface area contributed by atoms with Crippen molar-refractivity contribution < 1.29 is 23.7 Å². The van der Waals surface area contributed by atoms with Crippen molar-refractivity contribution in [2.75, 3.05) is 39.0 Å². The summed E-state index contributed by atoms with van der Waals surface area (Å²) in [4.78, 5) is 22.2. The van der Waals surface area contributed by atoms with Gasteiger partial charge in [-0.1, -0.05) is 30.0 Å². The fourth-order valence-electron chi connectivity index (χ4n) is 4.26. The standard InChI is InChI=1S/C29H28N6O5S2/c1-6-22(27(36)35-29-33-19-9-8-16(40-7-2)12-23(19)42-29)41-28-18(14-31)24(17(13-30)26(32)34-28)15-10-20(37-3)25(39-5)21(11-15)38-4/h8-12,22H,6-7H2,1-5H3,(H2,32,34)(H,33,35,36). The number of pyridine rings is 1. The van der Waals surface area contributed by atoms with Gasteiger partial charge in [-0.3, -0.25) is 4.79 Å². The van der Waals surface area contributed by atoms with E-state index in [9.17, 15) is 15.3 Å². The van der Waals surface area contributed by atoms with Crippen molar-refractivity contribution in [3.63, 3.8) is 0 Å². The lowest BCUT2D eigenvalue weighted by molar-refractivity contribution is -0.115. The number of rotatable bonds is 11. The molecule has 2 heterocycles. The van der Waals surface area contributed by atoms with E-state index in [0.717, 1.165) is 27.7 Å². The van der Waals surface area contributed by atoms with Gasteiger partial charge in [0.1, 0.15) is 34.3 Å². The van der Waals surface area contributed by atoms with E-state index >= 15 is 0 Å². The molecule has 2 aromatic carbocycles. The molecule has 3 N–H and O–H groups in total. The Hall–Kier alpha value is -4.72. The first-order valence-corrected chi connectivity index (χ1v) is 14.5. The number of ether oxygens (including phenoxy) is 4. The molecule has 216 valence electrons. The highest BCUT2D eigenvalue weighted by Crippen LogP contribution is 2.45. The molecule has 0 radical (unpaired) electrons. The van der Waals surface area contributed by atoms with Gasteiger partial charge in [-0.15, -0.1) is 0 Å². The topological polar surface area (TPSA) is 165 Å². The molecule has 2 aromatic heterocycles. The number of aromatic nitrogens is 2. The number of amides is 1. The number of fused-ring (bicyclic) bond motifs is 1. The summed E-state index contributed by atoms with van der Waals surface area (Å²) in [6, 6.07) is 13.0. The lowest BCUT2D eigenvalue weighted by Crippen LogP contribution is -2.25. The Kier molecular flexibility index (Phi) is 9.57. The summed E-state index contributed by atoms with van der Waals surface area (Å²) in [5.74, 6) is 1.36. The first-order valence-electron chi connectivity index (χ1n) is 12.8. The van der Waals surface area contributed by atoms with Crippen LogP contribution < -0.4 is 30.0 Å². The third kappa shape index (κ3) is 5.98. The molecule has 1 amide bonds. The van der Waals surface area contributed by atoms with E-state index < -0.39 is 5.25 Å². The normalized spacial score (nSPS) is 11.3. The molecule has 4 aromatic rings. The zero-order valence-corrected chi connectivity index (χ0v) is 25.2. The Morgan fingerprint density at radius 1 is 1.05 bits per heavy atom. The summed E-state index contributed by atoms with van der Waals surface area (Å²) in [5, 5.41) is 23.1. The summed E-state index contributed by atoms with van der Waals surface area (Å²) in [6.45, 7) is 4.30. The Morgan fingerprint density at radius 3 is 2.31 bits per heavy atom. The third-order valence-corrected chi connectivity index (χ3v) is 8.47. The van der Waals surface area contributed by atoms with Gasteiger partial charge in [0.05, 0.1) is 49.0 Å². The van der Waals surface area contributed by atoms with Gasteiger partial charge in [-0.05, 0) is 49.2 Å². The molecule has 0 aliphatic heterocycles. The summed E-state index contributed by atoms with van der Waals surface area (Å²) in [7, 11) is 4.41. The molecule has 13 heteroatoms. The fraction of sp³-hybridized carbons (Fsp3) is 0.276. The minimum absolute atomic E-state index is 0.0172. The summed E-state index contributed by atoms with van der Waals surface area (Å²) in [5.41, 5.74) is 7.76. The summed E-state index contributed by atoms with van der Waals surface area (Å²) in [6.07, 6.45) is 0.419. The van der Waals surface area contributed by atoms with E-state index in [1.807, 2.05) is 32.0 Å². The highest BCUT2D eigenvalue weighted by atomic mass is 32.2. The number of nitrogen functional groups attached to an aromatic ring is 1. The number of nitriles is 2. The second kappa shape index (κ2) is 13.3. The van der Waals surface area contributed by atoms with Crippen LogP contribution in [0.25, 0.3) is 21.3 Å². The molecule has 4 rings (SSSR count). The monoisotopic (exact) mass is 604 g/mol. The predicted octanol–water partition coefficient (Wildman–Crippen LogP) is 5.62. The van der Waals surface area contributed by atoms with Crippen molar-refractivity contribution in [1.82, 2.24) is 9.97 Å². The maximum Gasteiger partial charge on any atom is 0.239 e. The number of nitrogens with two attached hydrogens (primary N) is 1. The number of carbonyl (C=O) groups is 1. The number of nitrogens with one attached hydrogen (secondary N) is 1. The molecule has 1 unspecified atom stereocenters. The summed E-state index contributed by atoms with van der Waals surface area (Å²) < 4.78 is 22.8. The largest absolute Gasteiger partial charge is 0.494 e. The molecule has 1 atom stereocenters. The van der Waals surface area contributed by atoms with Crippen LogP contribution in [0.2, 0.25) is 0 Å². The molecule has 0 saturated carbocycles. The maximum atomic E-state index is 13.4. The minimum Gasteiger partial charge on any atom is -0.494 e. The molecule has 0 fully saturated rings. The van der Waals surface area contributed by atoms with Crippen LogP contribution >= 0.6 is 23.1 Å². The zero-order chi connectivity index (χ0) is 30.4. The molecule has 0 aliphatic rings. The van der Waals surface area contributed by atoms with E-state index in [1.54, 1.807) is 12.1 Å². The highest BCUT2D eigenvalue weighted by Gasteiger charge is 2.27. The van der Waals surface area contributed by atoms with Crippen molar-refractivity contribution in [3.8, 4) is 46.3 Å². The van der Waals surface area contributed by atoms with Gasteiger partial charge in [-0.2, -0.15) is 10.5 Å². The van der Waals surface area contributed by atoms with Crippen LogP contribution in [0.5, 0.6) is 23.0 Å². The third-order valence-electron chi connectivity index (χ3n) is 6.19. The van der Waals surface area contributed by atoms with Gasteiger partial charge < -0.3 is 30.0 Å². The maximum absolute atomic E-state index is 13.4. The van der Waals surface area contributed by atoms with Crippen LogP contribution in [0.3, 0.4) is 0 Å². The van der Waals surface area contributed by atoms with Crippen molar-refractivity contribution in [2.24, 2.45) is 0 Å². The van der Waals surface area contributed by atoms with Crippen molar-refractivity contribution in [2.45, 2.75) is 30.5 Å². The van der Waals surface area contributed by atoms with Gasteiger partial charge >= 0.3 is 0 Å². The smallest absolute Gasteiger partial charge is 0.239 e. The Morgan fingerprint density at radius 2 is 1.74 bits per heavy atom. The number of thiazole rings is 1. The minimum atomic E-state index is -0.643. The average Bonchev–Trinajstić information content (AvgIpc) is 3.40. The van der Waals surface area contributed by atoms with Crippen LogP contribution in [0.4, 0.5) is 10.9 Å². The fourth-order valence-corrected chi connectivity index (χ4v) is 6.17. The number of hydrogen-bond donors (Lipinski definition) is 2. The molecular weight excluding hydrogens is 576 g/mol. The quantitative estimate of drug-likeness (QED) is 0.204. The van der Waals surface area contributed by atoms with Gasteiger partial charge in [-0.25, -0.2) is 9.97 Å². The van der Waals surface area contributed by atoms with E-state index in [2.05, 4.69) is 27.4 Å². The number of nitrogens with zero attached hydrogens (tertiary/aromatic N) is 4. The van der Waals surface area contributed by atoms with Gasteiger partial charge in [0.2, 0.25) is 11.7 Å². The van der Waals surface area contributed by atoms with Gasteiger partial charge in [0.25, 0.3) is 0 Å². The number of anilines is 2. The molecule has 0 saturated heterocycles. The molecule has 0 aliphatic carbocycles. The Bertz CT molecular complexity index is 1700. The van der Waals surface area contributed by atoms with E-state index in [0.29, 0.717) is 41.0 Å². The van der Waals surface area contributed by atoms with E-state index in [-0.39, 0.29) is 33.4 Å². The predicted molar refractivity (Wildman–Crippen MR) is 163 cm³/mol. The Labute approximate surface area is 251 Å². The lowest BCUT2D eigenvalue weighted by Gasteiger charge is -2.18. The number of methoxy groups -OCH3 is 3. The van der Waals surface area contributed by atoms with Gasteiger partial charge in [0.15, 0.2) is 16.6 Å². The van der Waals surface area contributed by atoms with Crippen molar-refractivity contribution in [3.05, 3.63) is 41.5 Å². The second-order valence-corrected chi connectivity index (χ2v) is 10.9. The number of carbonyl (C=O) groups excluding carboxylic acids is 1. The molecule has 42 heavy (non-hydrogen) atoms. The van der Waals surface area contributed by atoms with Crippen LogP contribution in [0.1, 0.15) is 31.4 Å². The molecular formula is C29H28N6O5S2. The van der Waals surface area contributed by atoms with E-state index in [4.69, 9.17) is 24.7 Å². The van der Waals surface area contributed by atoms with Crippen LogP contribution in [0, 0.1) is 22.7 Å². The zero-order valence-electron chi connectivity index (χ0n) is 23.6. The summed E-state index contributed by atoms with van der Waals surface area (Å²) >= 11 is 2.42. The van der Waals surface area contributed by atoms with E-state index in [1.165, 1.54) is 32.7 Å². The SMILES string of the molecule is CCOc1ccc2nc(NC(=O)C(CC)Sc3nc(N)c(C#N)c(-c4cc(OC)c(OC)c(OC)c4)c3C#N)sc2c1. The number of benzene rings is 2. The molecule has 11 nitrogen and oxygen atoms in total. The Balaban J connectivity index is 1.72. The first kappa shape index (κ1) is 30.2. The van der Waals surface area contributed by atoms with Crippen LogP contribution in [-0.2, 0) is 4.79 Å². The lowest BCUT2D eigenvalue weighted by atomic mass is 9.96. The highest BCUT2D eigenvalue weighted by molar-refractivity contribution is 8.00. The van der Waals surface area contributed by atoms with Crippen LogP contribution in [-0.4, -0.2) is 49.1 Å². The first-order chi connectivity index (χ1) is 20.3. The van der Waals surface area contributed by atoms with Crippen LogP contribution in [0.15, 0.2) is 35.4 Å². The molecule has 0 spiro atoms. The number of thioether (sulfide) groups is 1. The van der Waals surface area contributed by atoms with Crippen molar-refractivity contribution >= 4 is 50.2 Å². The number of hydrogen-bond acceptors (Lipinski definition) is 12.